The van der Waals surface area contributed by atoms with Crippen molar-refractivity contribution in [1.82, 2.24) is 14.7 Å². The lowest BCUT2D eigenvalue weighted by Crippen LogP contribution is -2.36. The molecule has 1 rings (SSSR count). The number of carbonyl (C=O) groups is 1. The fourth-order valence-electron chi connectivity index (χ4n) is 2.91. The van der Waals surface area contributed by atoms with Gasteiger partial charge in [-0.1, -0.05) is 38.7 Å². The van der Waals surface area contributed by atoms with Crippen molar-refractivity contribution in [1.29, 1.82) is 0 Å². The molecule has 0 aliphatic carbocycles. The van der Waals surface area contributed by atoms with Gasteiger partial charge in [-0.3, -0.25) is 4.79 Å². The van der Waals surface area contributed by atoms with Gasteiger partial charge in [-0.25, -0.2) is 0 Å². The zero-order chi connectivity index (χ0) is 16.9. The Bertz CT molecular complexity index is 342. The summed E-state index contributed by atoms with van der Waals surface area (Å²) in [5, 5.41) is 0. The predicted molar refractivity (Wildman–Crippen MR) is 98.7 cm³/mol. The van der Waals surface area contributed by atoms with E-state index in [0.29, 0.717) is 0 Å². The second-order valence-corrected chi connectivity index (χ2v) is 6.93. The first-order valence-electron chi connectivity index (χ1n) is 9.46. The molecule has 0 N–H and O–H groups in total. The molecule has 1 aliphatic rings. The summed E-state index contributed by atoms with van der Waals surface area (Å²) in [6.07, 6.45) is 12.4. The van der Waals surface area contributed by atoms with Crippen molar-refractivity contribution in [3.05, 3.63) is 12.2 Å². The Morgan fingerprint density at radius 3 is 2.57 bits per heavy atom. The third-order valence-electron chi connectivity index (χ3n) is 4.50. The molecule has 0 spiro atoms. The Labute approximate surface area is 143 Å². The monoisotopic (exact) mass is 323 g/mol. The minimum Gasteiger partial charge on any atom is -0.338 e. The largest absolute Gasteiger partial charge is 0.338 e. The van der Waals surface area contributed by atoms with Crippen LogP contribution in [0.1, 0.15) is 51.9 Å². The number of carbonyl (C=O) groups excluding carboxylic acids is 1. The number of nitrogens with zero attached hydrogens (tertiary/aromatic N) is 3. The highest BCUT2D eigenvalue weighted by Crippen LogP contribution is 2.07. The molecule has 1 saturated heterocycles. The van der Waals surface area contributed by atoms with Gasteiger partial charge in [0.2, 0.25) is 5.91 Å². The van der Waals surface area contributed by atoms with Crippen molar-refractivity contribution in [2.75, 3.05) is 53.4 Å². The molecule has 0 atom stereocenters. The van der Waals surface area contributed by atoms with Crippen LogP contribution in [0, 0.1) is 0 Å². The van der Waals surface area contributed by atoms with Crippen molar-refractivity contribution in [2.45, 2.75) is 51.9 Å². The molecule has 0 bridgehead atoms. The van der Waals surface area contributed by atoms with Gasteiger partial charge in [0.15, 0.2) is 0 Å². The van der Waals surface area contributed by atoms with Crippen molar-refractivity contribution < 1.29 is 4.79 Å². The molecule has 23 heavy (non-hydrogen) atoms. The normalized spacial score (nSPS) is 17.1. The number of unbranched alkanes of at least 4 members (excludes halogenated alkanes) is 5. The highest BCUT2D eigenvalue weighted by Gasteiger charge is 2.17. The Morgan fingerprint density at radius 1 is 1.04 bits per heavy atom. The maximum atomic E-state index is 12.3. The number of allylic oxidation sites excluding steroid dienone is 1. The van der Waals surface area contributed by atoms with E-state index in [-0.39, 0.29) is 5.91 Å². The zero-order valence-corrected chi connectivity index (χ0v) is 15.6. The Kier molecular flexibility index (Phi) is 11.0. The molecule has 4 nitrogen and oxygen atoms in total. The number of hydrogen-bond donors (Lipinski definition) is 0. The molecule has 1 heterocycles. The van der Waals surface area contributed by atoms with Crippen LogP contribution in [0.2, 0.25) is 0 Å². The predicted octanol–water partition coefficient (Wildman–Crippen LogP) is 3.00. The van der Waals surface area contributed by atoms with Crippen molar-refractivity contribution in [2.24, 2.45) is 0 Å². The summed E-state index contributed by atoms with van der Waals surface area (Å²) in [6.45, 7) is 8.31. The lowest BCUT2D eigenvalue weighted by atomic mass is 10.1. The molecule has 0 radical (unpaired) electrons. The minimum atomic E-state index is 0.202. The maximum Gasteiger partial charge on any atom is 0.246 e. The highest BCUT2D eigenvalue weighted by atomic mass is 16.2. The molecule has 0 aromatic rings. The molecule has 0 saturated carbocycles. The quantitative estimate of drug-likeness (QED) is 0.457. The zero-order valence-electron chi connectivity index (χ0n) is 15.6. The Balaban J connectivity index is 2.20. The third kappa shape index (κ3) is 9.77. The van der Waals surface area contributed by atoms with E-state index in [0.717, 1.165) is 52.1 Å². The molecule has 1 aliphatic heterocycles. The van der Waals surface area contributed by atoms with Crippen molar-refractivity contribution >= 4 is 5.91 Å². The molecule has 1 amide bonds. The smallest absolute Gasteiger partial charge is 0.246 e. The fourth-order valence-corrected chi connectivity index (χ4v) is 2.91. The van der Waals surface area contributed by atoms with Gasteiger partial charge in [-0.15, -0.1) is 0 Å². The van der Waals surface area contributed by atoms with E-state index in [1.54, 1.807) is 6.08 Å². The van der Waals surface area contributed by atoms with E-state index >= 15 is 0 Å². The van der Waals surface area contributed by atoms with Crippen LogP contribution in [0.15, 0.2) is 12.2 Å². The Hall–Kier alpha value is -0.870. The molecule has 0 unspecified atom stereocenters. The van der Waals surface area contributed by atoms with Gasteiger partial charge in [-0.2, -0.15) is 0 Å². The average Bonchev–Trinajstić information content (AvgIpc) is 2.77. The number of rotatable bonds is 10. The van der Waals surface area contributed by atoms with E-state index in [4.69, 9.17) is 0 Å². The van der Waals surface area contributed by atoms with Crippen LogP contribution < -0.4 is 0 Å². The van der Waals surface area contributed by atoms with E-state index in [1.165, 1.54) is 32.1 Å². The third-order valence-corrected chi connectivity index (χ3v) is 4.50. The standard InChI is InChI=1S/C19H37N3O/c1-4-5-6-7-8-9-10-12-19(23)22-14-11-13-21(17-18-22)16-15-20(2)3/h10,12H,4-9,11,13-18H2,1-3H3/b12-10+. The van der Waals surface area contributed by atoms with Gasteiger partial charge in [0.25, 0.3) is 0 Å². The number of likely N-dealkylation sites (N-methyl/N-ethyl adjacent to an activating group) is 1. The van der Waals surface area contributed by atoms with Crippen LogP contribution in [0.5, 0.6) is 0 Å². The van der Waals surface area contributed by atoms with Crippen LogP contribution >= 0.6 is 0 Å². The Morgan fingerprint density at radius 2 is 1.83 bits per heavy atom. The summed E-state index contributed by atoms with van der Waals surface area (Å²) >= 11 is 0. The molecular weight excluding hydrogens is 286 g/mol. The first-order valence-corrected chi connectivity index (χ1v) is 9.46. The summed E-state index contributed by atoms with van der Waals surface area (Å²) < 4.78 is 0. The van der Waals surface area contributed by atoms with Crippen molar-refractivity contribution in [3.8, 4) is 0 Å². The van der Waals surface area contributed by atoms with Gasteiger partial charge in [-0.05, 0) is 46.0 Å². The van der Waals surface area contributed by atoms with Crippen molar-refractivity contribution in [3.63, 3.8) is 0 Å². The highest BCUT2D eigenvalue weighted by molar-refractivity contribution is 5.87. The topological polar surface area (TPSA) is 26.8 Å². The van der Waals surface area contributed by atoms with Gasteiger partial charge in [0.1, 0.15) is 0 Å². The first-order chi connectivity index (χ1) is 11.1. The van der Waals surface area contributed by atoms with Crippen LogP contribution in [0.3, 0.4) is 0 Å². The fraction of sp³-hybridized carbons (Fsp3) is 0.842. The maximum absolute atomic E-state index is 12.3. The van der Waals surface area contributed by atoms with Gasteiger partial charge in [0.05, 0.1) is 0 Å². The van der Waals surface area contributed by atoms with E-state index in [9.17, 15) is 4.79 Å². The summed E-state index contributed by atoms with van der Waals surface area (Å²) in [5.41, 5.74) is 0. The lowest BCUT2D eigenvalue weighted by Gasteiger charge is -2.22. The van der Waals surface area contributed by atoms with Crippen LogP contribution in [-0.2, 0) is 4.79 Å². The van der Waals surface area contributed by atoms with Gasteiger partial charge in [0, 0.05) is 32.7 Å². The van der Waals surface area contributed by atoms with Crippen LogP contribution in [0.4, 0.5) is 0 Å². The number of hydrogen-bond acceptors (Lipinski definition) is 3. The molecular formula is C19H37N3O. The summed E-state index contributed by atoms with van der Waals surface area (Å²) in [7, 11) is 4.22. The van der Waals surface area contributed by atoms with E-state index in [1.807, 2.05) is 4.90 Å². The molecule has 4 heteroatoms. The first kappa shape index (κ1) is 20.2. The second kappa shape index (κ2) is 12.5. The molecule has 0 aromatic carbocycles. The van der Waals surface area contributed by atoms with Crippen LogP contribution in [-0.4, -0.2) is 74.0 Å². The SMILES string of the molecule is CCCCCCC/C=C/C(=O)N1CCCN(CCN(C)C)CC1. The van der Waals surface area contributed by atoms with Gasteiger partial charge >= 0.3 is 0 Å². The summed E-state index contributed by atoms with van der Waals surface area (Å²) in [6, 6.07) is 0. The van der Waals surface area contributed by atoms with Crippen LogP contribution in [0.25, 0.3) is 0 Å². The van der Waals surface area contributed by atoms with E-state index in [2.05, 4.69) is 36.9 Å². The molecule has 134 valence electrons. The minimum absolute atomic E-state index is 0.202. The van der Waals surface area contributed by atoms with Gasteiger partial charge < -0.3 is 14.7 Å². The summed E-state index contributed by atoms with van der Waals surface area (Å²) in [5.74, 6) is 0.202. The molecule has 1 fully saturated rings. The van der Waals surface area contributed by atoms with E-state index < -0.39 is 0 Å². The second-order valence-electron chi connectivity index (χ2n) is 6.93. The summed E-state index contributed by atoms with van der Waals surface area (Å²) in [4.78, 5) is 19.0. The lowest BCUT2D eigenvalue weighted by molar-refractivity contribution is -0.125. The average molecular weight is 324 g/mol. The molecule has 0 aromatic heterocycles. The number of amides is 1.